The topological polar surface area (TPSA) is 13.0 Å². The van der Waals surface area contributed by atoms with Crippen LogP contribution in [0.25, 0.3) is 54.9 Å². The number of benzene rings is 10. The summed E-state index contributed by atoms with van der Waals surface area (Å²) in [5.74, 6) is 0. The molecular weight excluding hydrogens is 837 g/mol. The number of fused-ring (bicyclic) bond motifs is 9. The van der Waals surface area contributed by atoms with E-state index in [0.717, 1.165) is 34.1 Å². The van der Waals surface area contributed by atoms with Gasteiger partial charge in [0.1, 0.15) is 0 Å². The third-order valence-electron chi connectivity index (χ3n) is 15.4. The molecule has 0 unspecified atom stereocenters. The van der Waals surface area contributed by atoms with Gasteiger partial charge in [-0.15, -0.1) is 0 Å². The van der Waals surface area contributed by atoms with Gasteiger partial charge in [-0.25, -0.2) is 0 Å². The van der Waals surface area contributed by atoms with Crippen LogP contribution in [0.3, 0.4) is 0 Å². The molecule has 0 fully saturated rings. The van der Waals surface area contributed by atoms with Crippen LogP contribution in [0.4, 0.5) is 56.9 Å². The van der Waals surface area contributed by atoms with Crippen molar-refractivity contribution in [1.82, 2.24) is 0 Å². The van der Waals surface area contributed by atoms with Gasteiger partial charge in [0.05, 0.1) is 45.5 Å². The highest BCUT2D eigenvalue weighted by atomic mass is 15.3. The molecule has 13 rings (SSSR count). The zero-order valence-corrected chi connectivity index (χ0v) is 40.3. The van der Waals surface area contributed by atoms with Crippen LogP contribution in [-0.4, -0.2) is 14.1 Å². The van der Waals surface area contributed by atoms with Crippen molar-refractivity contribution in [2.75, 3.05) is 33.7 Å². The molecule has 0 N–H and O–H groups in total. The van der Waals surface area contributed by atoms with Crippen molar-refractivity contribution in [3.63, 3.8) is 0 Å². The molecule has 4 heteroatoms. The summed E-state index contributed by atoms with van der Waals surface area (Å²) in [4.78, 5) is 9.56. The number of hydrogen-bond donors (Lipinski definition) is 0. The first kappa shape index (κ1) is 41.1. The fourth-order valence-corrected chi connectivity index (χ4v) is 11.9. The van der Waals surface area contributed by atoms with E-state index < -0.39 is 0 Å². The van der Waals surface area contributed by atoms with Crippen LogP contribution in [0.1, 0.15) is 51.3 Å². The van der Waals surface area contributed by atoms with Crippen LogP contribution < -0.4 is 19.6 Å². The fourth-order valence-electron chi connectivity index (χ4n) is 11.9. The van der Waals surface area contributed by atoms with Crippen molar-refractivity contribution in [3.05, 3.63) is 217 Å². The molecule has 334 valence electrons. The molecule has 0 radical (unpaired) electrons. The maximum atomic E-state index is 2.51. The fraction of sp³-hybridized carbons (Fsp3) is 0.138. The van der Waals surface area contributed by atoms with E-state index in [0.29, 0.717) is 0 Å². The van der Waals surface area contributed by atoms with Crippen LogP contribution in [-0.2, 0) is 10.8 Å². The molecule has 0 spiro atoms. The molecule has 0 bridgehead atoms. The Morgan fingerprint density at radius 3 is 1.20 bits per heavy atom. The lowest BCUT2D eigenvalue weighted by atomic mass is 9.80. The molecule has 0 amide bonds. The summed E-state index contributed by atoms with van der Waals surface area (Å²) in [5, 5.41) is 4.89. The summed E-state index contributed by atoms with van der Waals surface area (Å²) >= 11 is 0. The predicted octanol–water partition coefficient (Wildman–Crippen LogP) is 18.0. The van der Waals surface area contributed by atoms with Crippen molar-refractivity contribution >= 4 is 78.4 Å². The summed E-state index contributed by atoms with van der Waals surface area (Å²) in [7, 11) is 4.36. The van der Waals surface area contributed by atoms with Crippen molar-refractivity contribution in [2.24, 2.45) is 0 Å². The van der Waals surface area contributed by atoms with Crippen molar-refractivity contribution in [2.45, 2.75) is 45.4 Å². The van der Waals surface area contributed by atoms with Gasteiger partial charge in [-0.3, -0.25) is 0 Å². The Balaban J connectivity index is 1.14. The quantitative estimate of drug-likeness (QED) is 0.163. The van der Waals surface area contributed by atoms with Gasteiger partial charge in [-0.1, -0.05) is 156 Å². The first-order valence-corrected chi connectivity index (χ1v) is 24.3. The normalized spacial score (nSPS) is 14.3. The Morgan fingerprint density at radius 2 is 0.739 bits per heavy atom. The monoisotopic (exact) mass is 890 g/mol. The third kappa shape index (κ3) is 6.07. The molecule has 0 saturated carbocycles. The van der Waals surface area contributed by atoms with Gasteiger partial charge < -0.3 is 19.6 Å². The first-order valence-electron chi connectivity index (χ1n) is 24.3. The zero-order chi connectivity index (χ0) is 46.9. The minimum absolute atomic E-state index is 0.0207. The van der Waals surface area contributed by atoms with Gasteiger partial charge in [-0.2, -0.15) is 0 Å². The Bertz CT molecular complexity index is 3650. The van der Waals surface area contributed by atoms with E-state index in [1.165, 1.54) is 94.4 Å². The number of nitrogens with zero attached hydrogens (tertiary/aromatic N) is 4. The molecule has 2 heterocycles. The summed E-state index contributed by atoms with van der Waals surface area (Å²) in [5.41, 5.74) is 23.1. The zero-order valence-electron chi connectivity index (χ0n) is 40.3. The Labute approximate surface area is 406 Å². The lowest BCUT2D eigenvalue weighted by Gasteiger charge is -2.39. The second kappa shape index (κ2) is 15.0. The average molecular weight is 891 g/mol. The van der Waals surface area contributed by atoms with Crippen LogP contribution in [0, 0.1) is 0 Å². The summed E-state index contributed by atoms with van der Waals surface area (Å²) in [6.07, 6.45) is 0. The molecule has 3 aliphatic rings. The van der Waals surface area contributed by atoms with Crippen molar-refractivity contribution < 1.29 is 0 Å². The van der Waals surface area contributed by atoms with E-state index in [2.05, 4.69) is 269 Å². The SMILES string of the molecule is CN1c2ccccc2N(c2ccc3c(-c4ccc5c(c4)C(C)(C)c4ccccc4-5)c4cc(N5c6ccccc6N(C)c6ccccc65)ccc4c(-c4ccc(C(C)(C)C)cc4)c3c2)c2ccccc21. The van der Waals surface area contributed by atoms with Gasteiger partial charge in [0.2, 0.25) is 0 Å². The van der Waals surface area contributed by atoms with Gasteiger partial charge in [-0.05, 0) is 156 Å². The van der Waals surface area contributed by atoms with Crippen LogP contribution >= 0.6 is 0 Å². The Hall–Kier alpha value is -8.08. The maximum Gasteiger partial charge on any atom is 0.0699 e. The van der Waals surface area contributed by atoms with Crippen LogP contribution in [0.5, 0.6) is 0 Å². The van der Waals surface area contributed by atoms with E-state index in [4.69, 9.17) is 0 Å². The average Bonchev–Trinajstić information content (AvgIpc) is 3.60. The van der Waals surface area contributed by atoms with Crippen molar-refractivity contribution in [1.29, 1.82) is 0 Å². The molecule has 1 aliphatic carbocycles. The molecule has 2 aliphatic heterocycles. The van der Waals surface area contributed by atoms with E-state index in [9.17, 15) is 0 Å². The summed E-state index contributed by atoms with van der Waals surface area (Å²) in [6.45, 7) is 11.7. The van der Waals surface area contributed by atoms with Crippen LogP contribution in [0.2, 0.25) is 0 Å². The largest absolute Gasteiger partial charge is 0.341 e. The van der Waals surface area contributed by atoms with Crippen LogP contribution in [0.15, 0.2) is 200 Å². The highest BCUT2D eigenvalue weighted by Gasteiger charge is 2.36. The molecule has 4 nitrogen and oxygen atoms in total. The Morgan fingerprint density at radius 1 is 0.348 bits per heavy atom. The number of para-hydroxylation sites is 8. The molecular formula is C65H54N4. The van der Waals surface area contributed by atoms with E-state index in [1.54, 1.807) is 0 Å². The van der Waals surface area contributed by atoms with E-state index in [-0.39, 0.29) is 10.8 Å². The second-order valence-corrected chi connectivity index (χ2v) is 20.7. The third-order valence-corrected chi connectivity index (χ3v) is 15.4. The maximum absolute atomic E-state index is 2.51. The molecule has 0 saturated heterocycles. The number of hydrogen-bond acceptors (Lipinski definition) is 4. The van der Waals surface area contributed by atoms with Gasteiger partial charge in [0.25, 0.3) is 0 Å². The van der Waals surface area contributed by atoms with Gasteiger partial charge in [0, 0.05) is 30.9 Å². The number of rotatable bonds is 4. The minimum atomic E-state index is -0.157. The summed E-state index contributed by atoms with van der Waals surface area (Å²) < 4.78 is 0. The van der Waals surface area contributed by atoms with Gasteiger partial charge in [0.15, 0.2) is 0 Å². The van der Waals surface area contributed by atoms with E-state index >= 15 is 0 Å². The lowest BCUT2D eigenvalue weighted by Crippen LogP contribution is -2.24. The van der Waals surface area contributed by atoms with Crippen molar-refractivity contribution in [3.8, 4) is 33.4 Å². The number of anilines is 10. The van der Waals surface area contributed by atoms with E-state index in [1.807, 2.05) is 0 Å². The molecule has 0 atom stereocenters. The minimum Gasteiger partial charge on any atom is -0.341 e. The predicted molar refractivity (Wildman–Crippen MR) is 294 cm³/mol. The smallest absolute Gasteiger partial charge is 0.0699 e. The standard InChI is InChI=1S/C65H54N4/c1-64(2,3)43-31-28-41(29-32-43)62-48-36-33-45(69-60-26-16-12-22-56(60)67(7)57-23-13-17-27-61(57)69)40-51(48)63(42-30-35-47-46-18-8-9-19-52(46)65(4,5)53(47)38-42)49-37-34-44(39-50(49)62)68-58-24-14-10-20-54(58)66(6)55-21-11-15-25-59(55)68/h8-40H,1-7H3. The summed E-state index contributed by atoms with van der Waals surface area (Å²) in [6, 6.07) is 75.3. The highest BCUT2D eigenvalue weighted by Crippen LogP contribution is 2.56. The second-order valence-electron chi connectivity index (χ2n) is 20.7. The molecule has 10 aromatic carbocycles. The lowest BCUT2D eigenvalue weighted by molar-refractivity contribution is 0.590. The molecule has 0 aromatic heterocycles. The highest BCUT2D eigenvalue weighted by molar-refractivity contribution is 6.23. The van der Waals surface area contributed by atoms with Gasteiger partial charge >= 0.3 is 0 Å². The molecule has 69 heavy (non-hydrogen) atoms. The first-order chi connectivity index (χ1) is 33.5. The Kier molecular flexibility index (Phi) is 8.92. The molecule has 10 aromatic rings.